The molecule has 0 amide bonds. The highest BCUT2D eigenvalue weighted by atomic mass is 32.2. The van der Waals surface area contributed by atoms with E-state index in [1.807, 2.05) is 37.8 Å². The number of aromatic nitrogens is 5. The fourth-order valence-corrected chi connectivity index (χ4v) is 11.2. The molecule has 0 spiro atoms. The van der Waals surface area contributed by atoms with Crippen LogP contribution in [0.25, 0.3) is 22.5 Å². The first-order valence-corrected chi connectivity index (χ1v) is 22.3. The Hall–Kier alpha value is -6.08. The van der Waals surface area contributed by atoms with E-state index in [1.54, 1.807) is 82.0 Å². The van der Waals surface area contributed by atoms with E-state index in [4.69, 9.17) is 30.8 Å². The first kappa shape index (κ1) is 43.0. The summed E-state index contributed by atoms with van der Waals surface area (Å²) in [5, 5.41) is 12.5. The normalized spacial score (nSPS) is 13.9. The molecule has 2 aromatic heterocycles. The summed E-state index contributed by atoms with van der Waals surface area (Å²) in [6.07, 6.45) is 2.82. The molecular formula is C43H49N9O7S2. The van der Waals surface area contributed by atoms with Crippen molar-refractivity contribution in [2.75, 3.05) is 45.9 Å². The molecule has 0 unspecified atom stereocenters. The number of likely N-dealkylation sites (tertiary alicyclic amines) is 1. The Morgan fingerprint density at radius 1 is 0.721 bits per heavy atom. The number of pyridine rings is 1. The van der Waals surface area contributed by atoms with Crippen molar-refractivity contribution in [1.82, 2.24) is 34.4 Å². The molecule has 3 heterocycles. The van der Waals surface area contributed by atoms with Crippen LogP contribution in [0.1, 0.15) is 37.5 Å². The van der Waals surface area contributed by atoms with Crippen molar-refractivity contribution in [2.24, 2.45) is 0 Å². The third-order valence-electron chi connectivity index (χ3n) is 10.8. The molecule has 7 rings (SSSR count). The van der Waals surface area contributed by atoms with Gasteiger partial charge in [-0.05, 0) is 90.7 Å². The second-order valence-corrected chi connectivity index (χ2v) is 19.8. The number of sulfonamides is 1. The van der Waals surface area contributed by atoms with Gasteiger partial charge in [-0.15, -0.1) is 10.2 Å². The average molecular weight is 868 g/mol. The monoisotopic (exact) mass is 867 g/mol. The van der Waals surface area contributed by atoms with Crippen molar-refractivity contribution in [1.29, 1.82) is 0 Å². The number of sulfone groups is 1. The van der Waals surface area contributed by atoms with Crippen LogP contribution in [0, 0.1) is 0 Å². The van der Waals surface area contributed by atoms with Crippen LogP contribution in [0.15, 0.2) is 107 Å². The molecule has 4 N–H and O–H groups in total. The maximum absolute atomic E-state index is 15.9. The number of anilines is 2. The van der Waals surface area contributed by atoms with Crippen LogP contribution in [0.2, 0.25) is 0 Å². The van der Waals surface area contributed by atoms with Gasteiger partial charge in [0.05, 0.1) is 61.2 Å². The van der Waals surface area contributed by atoms with Crippen LogP contribution in [0.5, 0.6) is 17.2 Å². The predicted octanol–water partition coefficient (Wildman–Crippen LogP) is 5.29. The van der Waals surface area contributed by atoms with E-state index in [2.05, 4.69) is 15.3 Å². The SMILES string of the molecule is COc1ccc(CN(Cc2ccc(OC)cc2)S(=O)(=O)c2c(S(=O)(=O)C3CN(C(C)(C)C)C3)ccc(-c3cncc(N)c3N)c2-c2nnn(Cc3ccc(OC)cc3)n2)cc1. The summed E-state index contributed by atoms with van der Waals surface area (Å²) in [6, 6.07) is 24.0. The number of nitrogens with two attached hydrogens (primary N) is 2. The molecule has 320 valence electrons. The third kappa shape index (κ3) is 8.88. The second-order valence-electron chi connectivity index (χ2n) is 15.7. The van der Waals surface area contributed by atoms with Gasteiger partial charge in [-0.1, -0.05) is 42.5 Å². The number of methoxy groups -OCH3 is 3. The Kier molecular flexibility index (Phi) is 12.1. The van der Waals surface area contributed by atoms with Crippen LogP contribution in [0.3, 0.4) is 0 Å². The van der Waals surface area contributed by atoms with Gasteiger partial charge in [0.1, 0.15) is 22.1 Å². The number of tetrazole rings is 1. The van der Waals surface area contributed by atoms with Crippen LogP contribution in [0.4, 0.5) is 11.4 Å². The van der Waals surface area contributed by atoms with Crippen LogP contribution in [-0.4, -0.2) is 96.4 Å². The molecule has 1 aliphatic rings. The number of hydrogen-bond acceptors (Lipinski definition) is 14. The van der Waals surface area contributed by atoms with E-state index in [0.717, 1.165) is 5.56 Å². The zero-order chi connectivity index (χ0) is 43.7. The molecule has 0 aliphatic carbocycles. The number of hydrogen-bond donors (Lipinski definition) is 2. The minimum absolute atomic E-state index is 0.106. The molecular weight excluding hydrogens is 819 g/mol. The molecule has 0 saturated carbocycles. The summed E-state index contributed by atoms with van der Waals surface area (Å²) in [5.41, 5.74) is 15.1. The lowest BCUT2D eigenvalue weighted by molar-refractivity contribution is 0.0723. The van der Waals surface area contributed by atoms with Gasteiger partial charge in [0.25, 0.3) is 0 Å². The van der Waals surface area contributed by atoms with Crippen LogP contribution >= 0.6 is 0 Å². The average Bonchev–Trinajstić information content (AvgIpc) is 3.68. The van der Waals surface area contributed by atoms with Gasteiger partial charge < -0.3 is 25.7 Å². The van der Waals surface area contributed by atoms with Gasteiger partial charge in [0, 0.05) is 43.5 Å². The third-order valence-corrected chi connectivity index (χ3v) is 14.9. The van der Waals surface area contributed by atoms with E-state index in [0.29, 0.717) is 28.4 Å². The summed E-state index contributed by atoms with van der Waals surface area (Å²) in [7, 11) is -4.54. The maximum atomic E-state index is 15.9. The molecule has 61 heavy (non-hydrogen) atoms. The number of ether oxygens (including phenoxy) is 3. The molecule has 4 aromatic carbocycles. The molecule has 0 bridgehead atoms. The van der Waals surface area contributed by atoms with Crippen molar-refractivity contribution in [3.8, 4) is 39.8 Å². The molecule has 1 aliphatic heterocycles. The minimum atomic E-state index is -4.84. The first-order chi connectivity index (χ1) is 29.0. The van der Waals surface area contributed by atoms with Crippen molar-refractivity contribution in [2.45, 2.75) is 61.0 Å². The van der Waals surface area contributed by atoms with Crippen LogP contribution in [-0.2, 0) is 39.5 Å². The van der Waals surface area contributed by atoms with Gasteiger partial charge in [0.15, 0.2) is 9.84 Å². The Labute approximate surface area is 356 Å². The Bertz CT molecular complexity index is 2680. The van der Waals surface area contributed by atoms with E-state index in [1.165, 1.54) is 33.6 Å². The summed E-state index contributed by atoms with van der Waals surface area (Å²) >= 11 is 0. The Morgan fingerprint density at radius 2 is 1.25 bits per heavy atom. The van der Waals surface area contributed by atoms with Crippen molar-refractivity contribution < 1.29 is 31.0 Å². The van der Waals surface area contributed by atoms with Crippen molar-refractivity contribution in [3.63, 3.8) is 0 Å². The van der Waals surface area contributed by atoms with E-state index < -0.39 is 34.9 Å². The molecule has 18 heteroatoms. The maximum Gasteiger partial charge on any atom is 0.245 e. The number of benzene rings is 4. The van der Waals surface area contributed by atoms with E-state index in [-0.39, 0.29) is 72.2 Å². The minimum Gasteiger partial charge on any atom is -0.497 e. The van der Waals surface area contributed by atoms with Gasteiger partial charge in [-0.2, -0.15) is 9.10 Å². The van der Waals surface area contributed by atoms with Gasteiger partial charge in [0.2, 0.25) is 15.8 Å². The molecule has 1 fully saturated rings. The zero-order valence-electron chi connectivity index (χ0n) is 34.8. The number of nitrogens with zero attached hydrogens (tertiary/aromatic N) is 7. The standard InChI is InChI=1S/C43H49N9O7S2/c1-43(2,3)50-26-34(27-50)60(53,54)38-20-19-35(36-21-46-22-37(44)40(36)45)39(42-47-49-52(48-42)25-30-11-17-33(59-6)18-12-30)41(38)61(55,56)51(23-28-7-13-31(57-4)14-8-28)24-29-9-15-32(58-5)16-10-29/h7-22,34H,23-27,44H2,1-6H3,(H2,45,46). The highest BCUT2D eigenvalue weighted by molar-refractivity contribution is 7.94. The fourth-order valence-electron chi connectivity index (χ4n) is 7.08. The first-order valence-electron chi connectivity index (χ1n) is 19.4. The molecule has 0 atom stereocenters. The summed E-state index contributed by atoms with van der Waals surface area (Å²) in [5.74, 6) is 1.67. The topological polar surface area (TPSA) is 211 Å². The summed E-state index contributed by atoms with van der Waals surface area (Å²) in [6.45, 7) is 6.25. The lowest BCUT2D eigenvalue weighted by atomic mass is 9.98. The highest BCUT2D eigenvalue weighted by Crippen LogP contribution is 2.45. The Morgan fingerprint density at radius 3 is 1.75 bits per heavy atom. The molecule has 6 aromatic rings. The molecule has 1 saturated heterocycles. The smallest absolute Gasteiger partial charge is 0.245 e. The zero-order valence-corrected chi connectivity index (χ0v) is 36.4. The summed E-state index contributed by atoms with van der Waals surface area (Å²) < 4.78 is 79.2. The van der Waals surface area contributed by atoms with E-state index >= 15 is 16.8 Å². The van der Waals surface area contributed by atoms with Gasteiger partial charge in [-0.25, -0.2) is 16.8 Å². The second kappa shape index (κ2) is 17.1. The molecule has 0 radical (unpaired) electrons. The van der Waals surface area contributed by atoms with Crippen molar-refractivity contribution in [3.05, 3.63) is 114 Å². The summed E-state index contributed by atoms with van der Waals surface area (Å²) in [4.78, 5) is 6.68. The lowest BCUT2D eigenvalue weighted by Gasteiger charge is -2.47. The number of rotatable bonds is 15. The quantitative estimate of drug-likeness (QED) is 0.134. The van der Waals surface area contributed by atoms with E-state index in [9.17, 15) is 0 Å². The largest absolute Gasteiger partial charge is 0.497 e. The fraction of sp³-hybridized carbons (Fsp3) is 0.302. The lowest BCUT2D eigenvalue weighted by Crippen LogP contribution is -2.61. The predicted molar refractivity (Wildman–Crippen MR) is 232 cm³/mol. The highest BCUT2D eigenvalue weighted by Gasteiger charge is 2.46. The number of nitrogen functional groups attached to an aromatic ring is 2. The van der Waals surface area contributed by atoms with Gasteiger partial charge >= 0.3 is 0 Å². The molecule has 16 nitrogen and oxygen atoms in total. The Balaban J connectivity index is 1.49. The van der Waals surface area contributed by atoms with Crippen LogP contribution < -0.4 is 25.7 Å². The van der Waals surface area contributed by atoms with Gasteiger partial charge in [-0.3, -0.25) is 9.88 Å². The van der Waals surface area contributed by atoms with Crippen molar-refractivity contribution >= 4 is 31.2 Å².